The van der Waals surface area contributed by atoms with Crippen LogP contribution in [-0.2, 0) is 20.1 Å². The maximum Gasteiger partial charge on any atom is 0.339 e. The lowest BCUT2D eigenvalue weighted by Gasteiger charge is -2.10. The summed E-state index contributed by atoms with van der Waals surface area (Å²) < 4.78 is 8.23. The molecule has 0 saturated carbocycles. The van der Waals surface area contributed by atoms with Crippen LogP contribution in [0.5, 0.6) is 5.75 Å². The molecule has 2 rings (SSSR count). The molecule has 1 heterocycles. The van der Waals surface area contributed by atoms with E-state index in [1.807, 2.05) is 14.0 Å². The van der Waals surface area contributed by atoms with Crippen molar-refractivity contribution >= 4 is 27.6 Å². The van der Waals surface area contributed by atoms with Gasteiger partial charge in [-0.05, 0) is 34.5 Å². The van der Waals surface area contributed by atoms with Crippen LogP contribution in [0.3, 0.4) is 0 Å². The molecule has 0 bridgehead atoms. The number of ether oxygens (including phenoxy) is 1. The van der Waals surface area contributed by atoms with E-state index in [9.17, 15) is 4.79 Å². The molecule has 6 nitrogen and oxygen atoms in total. The van der Waals surface area contributed by atoms with Crippen LogP contribution in [0.25, 0.3) is 0 Å². The molecule has 7 heteroatoms. The summed E-state index contributed by atoms with van der Waals surface area (Å²) in [5.74, 6) is -0.808. The van der Waals surface area contributed by atoms with Crippen molar-refractivity contribution in [2.75, 3.05) is 5.73 Å². The Labute approximate surface area is 130 Å². The highest BCUT2D eigenvalue weighted by molar-refractivity contribution is 9.10. The molecule has 0 aliphatic heterocycles. The van der Waals surface area contributed by atoms with Gasteiger partial charge in [0.15, 0.2) is 0 Å². The normalized spacial score (nSPS) is 10.6. The summed E-state index contributed by atoms with van der Waals surface area (Å²) >= 11 is 3.49. The summed E-state index contributed by atoms with van der Waals surface area (Å²) in [5.41, 5.74) is 7.99. The third-order valence-electron chi connectivity index (χ3n) is 3.10. The van der Waals surface area contributed by atoms with E-state index in [1.165, 1.54) is 18.2 Å². The Morgan fingerprint density at radius 3 is 2.81 bits per heavy atom. The maximum atomic E-state index is 11.2. The number of carboxylic acids is 1. The van der Waals surface area contributed by atoms with Gasteiger partial charge in [0.25, 0.3) is 0 Å². The van der Waals surface area contributed by atoms with Gasteiger partial charge in [0, 0.05) is 18.8 Å². The van der Waals surface area contributed by atoms with Gasteiger partial charge >= 0.3 is 5.97 Å². The first kappa shape index (κ1) is 15.4. The molecule has 0 aliphatic rings. The number of aryl methyl sites for hydroxylation is 2. The number of aromatic nitrogens is 2. The van der Waals surface area contributed by atoms with Gasteiger partial charge in [-0.25, -0.2) is 4.79 Å². The topological polar surface area (TPSA) is 90.4 Å². The van der Waals surface area contributed by atoms with Crippen LogP contribution in [0.4, 0.5) is 5.69 Å². The number of nitrogen functional groups attached to an aromatic ring is 1. The molecule has 0 saturated heterocycles. The Bertz CT molecular complexity index is 682. The Morgan fingerprint density at radius 1 is 1.52 bits per heavy atom. The molecule has 1 aromatic heterocycles. The van der Waals surface area contributed by atoms with Gasteiger partial charge in [0.2, 0.25) is 0 Å². The molecular weight excluding hydrogens is 338 g/mol. The van der Waals surface area contributed by atoms with Crippen LogP contribution in [0, 0.1) is 0 Å². The number of hydrogen-bond acceptors (Lipinski definition) is 4. The summed E-state index contributed by atoms with van der Waals surface area (Å²) in [6.45, 7) is 2.21. The molecule has 0 unspecified atom stereocenters. The van der Waals surface area contributed by atoms with E-state index in [-0.39, 0.29) is 17.9 Å². The van der Waals surface area contributed by atoms with E-state index in [4.69, 9.17) is 15.6 Å². The van der Waals surface area contributed by atoms with Crippen LogP contribution in [0.2, 0.25) is 0 Å². The van der Waals surface area contributed by atoms with Crippen molar-refractivity contribution in [2.24, 2.45) is 7.05 Å². The van der Waals surface area contributed by atoms with Crippen molar-refractivity contribution < 1.29 is 14.6 Å². The number of hydrogen-bond donors (Lipinski definition) is 2. The number of halogens is 1. The minimum atomic E-state index is -1.05. The Kier molecular flexibility index (Phi) is 4.52. The average Bonchev–Trinajstić information content (AvgIpc) is 2.71. The van der Waals surface area contributed by atoms with Crippen molar-refractivity contribution in [3.63, 3.8) is 0 Å². The predicted octanol–water partition coefficient (Wildman–Crippen LogP) is 2.60. The highest BCUT2D eigenvalue weighted by atomic mass is 79.9. The predicted molar refractivity (Wildman–Crippen MR) is 82.4 cm³/mol. The number of benzene rings is 1. The highest BCUT2D eigenvalue weighted by Gasteiger charge is 2.16. The maximum absolute atomic E-state index is 11.2. The fraction of sp³-hybridized carbons (Fsp3) is 0.286. The minimum Gasteiger partial charge on any atom is -0.486 e. The monoisotopic (exact) mass is 353 g/mol. The van der Waals surface area contributed by atoms with Gasteiger partial charge in [-0.1, -0.05) is 6.92 Å². The standard InChI is InChI=1S/C14H16BrN3O3/c1-3-10-13(15)11(18(2)17-10)7-21-12-6-8(16)4-5-9(12)14(19)20/h4-6H,3,7,16H2,1-2H3,(H,19,20). The third kappa shape index (κ3) is 3.18. The van der Waals surface area contributed by atoms with Crippen LogP contribution < -0.4 is 10.5 Å². The van der Waals surface area contributed by atoms with Crippen LogP contribution >= 0.6 is 15.9 Å². The van der Waals surface area contributed by atoms with E-state index in [1.54, 1.807) is 4.68 Å². The number of nitrogens with zero attached hydrogens (tertiary/aromatic N) is 2. The second kappa shape index (κ2) is 6.17. The van der Waals surface area contributed by atoms with Crippen LogP contribution in [0.15, 0.2) is 22.7 Å². The van der Waals surface area contributed by atoms with Crippen molar-refractivity contribution in [1.29, 1.82) is 0 Å². The SMILES string of the molecule is CCc1nn(C)c(COc2cc(N)ccc2C(=O)O)c1Br. The number of anilines is 1. The van der Waals surface area contributed by atoms with Crippen molar-refractivity contribution in [2.45, 2.75) is 20.0 Å². The van der Waals surface area contributed by atoms with Gasteiger partial charge in [0.1, 0.15) is 17.9 Å². The van der Waals surface area contributed by atoms with Crippen molar-refractivity contribution in [1.82, 2.24) is 9.78 Å². The third-order valence-corrected chi connectivity index (χ3v) is 4.02. The fourth-order valence-electron chi connectivity index (χ4n) is 1.96. The average molecular weight is 354 g/mol. The molecule has 0 radical (unpaired) electrons. The first-order valence-electron chi connectivity index (χ1n) is 6.39. The number of carboxylic acid groups (broad SMARTS) is 1. The molecule has 0 aliphatic carbocycles. The number of aromatic carboxylic acids is 1. The van der Waals surface area contributed by atoms with Crippen LogP contribution in [-0.4, -0.2) is 20.9 Å². The van der Waals surface area contributed by atoms with Gasteiger partial charge < -0.3 is 15.6 Å². The van der Waals surface area contributed by atoms with E-state index < -0.39 is 5.97 Å². The molecule has 0 atom stereocenters. The fourth-order valence-corrected chi connectivity index (χ4v) is 2.69. The van der Waals surface area contributed by atoms with Gasteiger partial charge in [-0.2, -0.15) is 5.10 Å². The number of nitrogens with two attached hydrogens (primary N) is 1. The Balaban J connectivity index is 2.26. The largest absolute Gasteiger partial charge is 0.486 e. The van der Waals surface area contributed by atoms with Gasteiger partial charge in [0.05, 0.1) is 15.9 Å². The summed E-state index contributed by atoms with van der Waals surface area (Å²) in [6.07, 6.45) is 0.799. The van der Waals surface area contributed by atoms with Gasteiger partial charge in [-0.3, -0.25) is 4.68 Å². The van der Waals surface area contributed by atoms with E-state index in [0.29, 0.717) is 5.69 Å². The number of rotatable bonds is 5. The second-order valence-electron chi connectivity index (χ2n) is 4.53. The van der Waals surface area contributed by atoms with Gasteiger partial charge in [-0.15, -0.1) is 0 Å². The van der Waals surface area contributed by atoms with Crippen molar-refractivity contribution in [3.05, 3.63) is 39.6 Å². The molecule has 0 spiro atoms. The zero-order valence-electron chi connectivity index (χ0n) is 11.8. The summed E-state index contributed by atoms with van der Waals surface area (Å²) in [4.78, 5) is 11.2. The summed E-state index contributed by atoms with van der Waals surface area (Å²) in [6, 6.07) is 4.47. The van der Waals surface area contributed by atoms with E-state index >= 15 is 0 Å². The molecule has 0 fully saturated rings. The van der Waals surface area contributed by atoms with E-state index in [2.05, 4.69) is 21.0 Å². The smallest absolute Gasteiger partial charge is 0.339 e. The Hall–Kier alpha value is -2.02. The lowest BCUT2D eigenvalue weighted by atomic mass is 10.2. The zero-order chi connectivity index (χ0) is 15.6. The lowest BCUT2D eigenvalue weighted by molar-refractivity contribution is 0.0691. The molecule has 21 heavy (non-hydrogen) atoms. The van der Waals surface area contributed by atoms with Crippen molar-refractivity contribution in [3.8, 4) is 5.75 Å². The molecule has 0 amide bonds. The van der Waals surface area contributed by atoms with E-state index in [0.717, 1.165) is 22.3 Å². The lowest BCUT2D eigenvalue weighted by Crippen LogP contribution is -2.07. The Morgan fingerprint density at radius 2 is 2.24 bits per heavy atom. The van der Waals surface area contributed by atoms with Crippen LogP contribution in [0.1, 0.15) is 28.7 Å². The molecule has 2 aromatic rings. The second-order valence-corrected chi connectivity index (χ2v) is 5.33. The minimum absolute atomic E-state index is 0.0817. The quantitative estimate of drug-likeness (QED) is 0.806. The molecule has 112 valence electrons. The zero-order valence-corrected chi connectivity index (χ0v) is 13.3. The molecular formula is C14H16BrN3O3. The molecule has 3 N–H and O–H groups in total. The highest BCUT2D eigenvalue weighted by Crippen LogP contribution is 2.26. The number of carbonyl (C=O) groups is 1. The molecule has 1 aromatic carbocycles. The summed E-state index contributed by atoms with van der Waals surface area (Å²) in [5, 5.41) is 13.5. The summed E-state index contributed by atoms with van der Waals surface area (Å²) in [7, 11) is 1.82. The first-order chi connectivity index (χ1) is 9.93. The first-order valence-corrected chi connectivity index (χ1v) is 7.19.